The molecule has 6 heteroatoms. The van der Waals surface area contributed by atoms with Crippen molar-refractivity contribution >= 4 is 17.2 Å². The first-order valence-electron chi connectivity index (χ1n) is 10.0. The summed E-state index contributed by atoms with van der Waals surface area (Å²) in [6, 6.07) is 8.41. The van der Waals surface area contributed by atoms with Crippen LogP contribution in [0.2, 0.25) is 0 Å². The highest BCUT2D eigenvalue weighted by molar-refractivity contribution is 7.13. The lowest BCUT2D eigenvalue weighted by atomic mass is 10.00. The Morgan fingerprint density at radius 1 is 1.14 bits per heavy atom. The van der Waals surface area contributed by atoms with Gasteiger partial charge in [-0.15, -0.1) is 11.3 Å². The molecule has 0 spiro atoms. The van der Waals surface area contributed by atoms with Crippen LogP contribution in [0.3, 0.4) is 0 Å². The van der Waals surface area contributed by atoms with E-state index in [0.29, 0.717) is 0 Å². The van der Waals surface area contributed by atoms with Crippen molar-refractivity contribution in [1.29, 1.82) is 0 Å². The molecule has 1 N–H and O–H groups in total. The summed E-state index contributed by atoms with van der Waals surface area (Å²) in [5.74, 6) is 0.954. The maximum Gasteiger partial charge on any atom is 0.251 e. The highest BCUT2D eigenvalue weighted by Gasteiger charge is 2.19. The summed E-state index contributed by atoms with van der Waals surface area (Å²) in [5.41, 5.74) is 4.24. The van der Waals surface area contributed by atoms with Gasteiger partial charge in [0, 0.05) is 36.7 Å². The molecule has 2 aliphatic rings. The Balaban J connectivity index is 1.42. The number of hydrogen-bond acceptors (Lipinski definition) is 4. The lowest BCUT2D eigenvalue weighted by Crippen LogP contribution is -2.31. The molecule has 1 fully saturated rings. The zero-order valence-electron chi connectivity index (χ0n) is 15.9. The number of nitrogens with one attached hydrogen (secondary N) is 1. The average molecular weight is 393 g/mol. The molecule has 5 nitrogen and oxygen atoms in total. The topological polar surface area (TPSA) is 50.2 Å². The van der Waals surface area contributed by atoms with Gasteiger partial charge in [-0.3, -0.25) is 14.3 Å². The van der Waals surface area contributed by atoms with Gasteiger partial charge >= 0.3 is 0 Å². The quantitative estimate of drug-likeness (QED) is 0.733. The van der Waals surface area contributed by atoms with Gasteiger partial charge in [-0.05, 0) is 67.1 Å². The van der Waals surface area contributed by atoms with Crippen molar-refractivity contribution in [3.63, 3.8) is 0 Å². The van der Waals surface area contributed by atoms with Crippen molar-refractivity contribution in [3.05, 3.63) is 58.7 Å². The highest BCUT2D eigenvalue weighted by atomic mass is 32.1. The van der Waals surface area contributed by atoms with Crippen molar-refractivity contribution in [2.75, 3.05) is 19.6 Å². The smallest absolute Gasteiger partial charge is 0.251 e. The fourth-order valence-electron chi connectivity index (χ4n) is 4.20. The minimum Gasteiger partial charge on any atom is -0.352 e. The Labute approximate surface area is 169 Å². The molecule has 0 unspecified atom stereocenters. The van der Waals surface area contributed by atoms with Gasteiger partial charge < -0.3 is 5.32 Å². The summed E-state index contributed by atoms with van der Waals surface area (Å²) in [4.78, 5) is 20.5. The first kappa shape index (κ1) is 17.6. The van der Waals surface area contributed by atoms with Crippen LogP contribution >= 0.6 is 11.3 Å². The highest BCUT2D eigenvalue weighted by Crippen LogP contribution is 2.30. The number of carbonyl (C=O) groups excluding carboxylic acids is 1. The molecule has 0 aliphatic carbocycles. The predicted molar refractivity (Wildman–Crippen MR) is 112 cm³/mol. The van der Waals surface area contributed by atoms with Crippen molar-refractivity contribution in [3.8, 4) is 16.4 Å². The number of piperidine rings is 1. The van der Waals surface area contributed by atoms with Crippen LogP contribution in [-0.2, 0) is 13.0 Å². The molecule has 1 aromatic carbocycles. The third-order valence-electron chi connectivity index (χ3n) is 5.67. The normalized spacial score (nSPS) is 17.4. The molecule has 5 rings (SSSR count). The zero-order chi connectivity index (χ0) is 18.9. The Bertz CT molecular complexity index is 1000. The molecular weight excluding hydrogens is 368 g/mol. The second-order valence-electron chi connectivity index (χ2n) is 7.62. The van der Waals surface area contributed by atoms with Crippen molar-refractivity contribution < 1.29 is 4.79 Å². The number of aromatic nitrogens is 2. The third-order valence-corrected chi connectivity index (χ3v) is 6.64. The Morgan fingerprint density at radius 3 is 2.93 bits per heavy atom. The summed E-state index contributed by atoms with van der Waals surface area (Å²) in [6.45, 7) is 4.15. The van der Waals surface area contributed by atoms with Gasteiger partial charge in [-0.1, -0.05) is 12.5 Å². The summed E-state index contributed by atoms with van der Waals surface area (Å²) in [7, 11) is 0. The van der Waals surface area contributed by atoms with E-state index in [-0.39, 0.29) is 5.91 Å². The lowest BCUT2D eigenvalue weighted by Gasteiger charge is -2.25. The summed E-state index contributed by atoms with van der Waals surface area (Å²) < 4.78 is 2.08. The fourth-order valence-corrected chi connectivity index (χ4v) is 5.09. The van der Waals surface area contributed by atoms with Crippen molar-refractivity contribution in [1.82, 2.24) is 19.8 Å². The predicted octanol–water partition coefficient (Wildman–Crippen LogP) is 3.87. The van der Waals surface area contributed by atoms with Crippen LogP contribution in [0.1, 0.15) is 40.7 Å². The molecule has 1 amide bonds. The molecule has 0 radical (unpaired) electrons. The number of likely N-dealkylation sites (tertiary alicyclic amines) is 1. The second kappa shape index (κ2) is 7.53. The minimum atomic E-state index is 0.0182. The molecule has 2 aromatic heterocycles. The number of fused-ring (bicyclic) bond motifs is 1. The molecule has 144 valence electrons. The van der Waals surface area contributed by atoms with Crippen LogP contribution in [0, 0.1) is 0 Å². The standard InChI is InChI=1S/C22H24N4OS/c27-22-19-13-18(5-4-17(19)6-7-24-22)26-11-8-23-21(26)20-12-16(15-28-20)14-25-9-2-1-3-10-25/h4-5,8,11-13,15H,1-3,6-7,9-10,14H2,(H,24,27). The first-order valence-corrected chi connectivity index (χ1v) is 10.9. The van der Waals surface area contributed by atoms with E-state index in [1.807, 2.05) is 18.5 Å². The van der Waals surface area contributed by atoms with Gasteiger partial charge in [0.15, 0.2) is 5.82 Å². The largest absolute Gasteiger partial charge is 0.352 e. The summed E-state index contributed by atoms with van der Waals surface area (Å²) in [6.07, 6.45) is 8.69. The van der Waals surface area contributed by atoms with E-state index in [1.54, 1.807) is 11.3 Å². The monoisotopic (exact) mass is 392 g/mol. The van der Waals surface area contributed by atoms with Crippen LogP contribution in [0.5, 0.6) is 0 Å². The van der Waals surface area contributed by atoms with Crippen molar-refractivity contribution in [2.24, 2.45) is 0 Å². The van der Waals surface area contributed by atoms with E-state index in [0.717, 1.165) is 42.1 Å². The van der Waals surface area contributed by atoms with Crippen LogP contribution in [0.15, 0.2) is 42.0 Å². The molecule has 1 saturated heterocycles. The molecule has 0 saturated carbocycles. The Hall–Kier alpha value is -2.44. The third kappa shape index (κ3) is 3.38. The van der Waals surface area contributed by atoms with E-state index in [9.17, 15) is 4.79 Å². The first-order chi connectivity index (χ1) is 13.8. The van der Waals surface area contributed by atoms with Gasteiger partial charge in [0.1, 0.15) is 0 Å². The molecule has 28 heavy (non-hydrogen) atoms. The number of carbonyl (C=O) groups is 1. The van der Waals surface area contributed by atoms with E-state index < -0.39 is 0 Å². The van der Waals surface area contributed by atoms with E-state index >= 15 is 0 Å². The maximum atomic E-state index is 12.2. The fraction of sp³-hybridized carbons (Fsp3) is 0.364. The molecule has 0 bridgehead atoms. The number of benzene rings is 1. The lowest BCUT2D eigenvalue weighted by molar-refractivity contribution is 0.0946. The maximum absolute atomic E-state index is 12.2. The molecular formula is C22H24N4OS. The van der Waals surface area contributed by atoms with Crippen molar-refractivity contribution in [2.45, 2.75) is 32.2 Å². The molecule has 2 aliphatic heterocycles. The van der Waals surface area contributed by atoms with Crippen LogP contribution < -0.4 is 5.32 Å². The molecule has 4 heterocycles. The number of amides is 1. The van der Waals surface area contributed by atoms with Crippen LogP contribution in [-0.4, -0.2) is 40.0 Å². The van der Waals surface area contributed by atoms with Gasteiger partial charge in [-0.25, -0.2) is 4.98 Å². The van der Waals surface area contributed by atoms with Crippen LogP contribution in [0.25, 0.3) is 16.4 Å². The SMILES string of the molecule is O=C1NCCc2ccc(-n3ccnc3-c3cc(CN4CCCCC4)cs3)cc21. The average Bonchev–Trinajstić information content (AvgIpc) is 3.38. The Morgan fingerprint density at radius 2 is 2.04 bits per heavy atom. The summed E-state index contributed by atoms with van der Waals surface area (Å²) in [5, 5.41) is 5.19. The number of imidazole rings is 1. The number of hydrogen-bond donors (Lipinski definition) is 1. The minimum absolute atomic E-state index is 0.0182. The molecule has 0 atom stereocenters. The zero-order valence-corrected chi connectivity index (χ0v) is 16.7. The molecule has 3 aromatic rings. The van der Waals surface area contributed by atoms with Gasteiger partial charge in [0.25, 0.3) is 5.91 Å². The van der Waals surface area contributed by atoms with E-state index in [4.69, 9.17) is 0 Å². The van der Waals surface area contributed by atoms with Gasteiger partial charge in [0.2, 0.25) is 0 Å². The van der Waals surface area contributed by atoms with Gasteiger partial charge in [-0.2, -0.15) is 0 Å². The summed E-state index contributed by atoms with van der Waals surface area (Å²) >= 11 is 1.74. The number of rotatable bonds is 4. The van der Waals surface area contributed by atoms with E-state index in [1.165, 1.54) is 42.8 Å². The van der Waals surface area contributed by atoms with E-state index in [2.05, 4.69) is 43.3 Å². The second-order valence-corrected chi connectivity index (χ2v) is 8.54. The van der Waals surface area contributed by atoms with Crippen LogP contribution in [0.4, 0.5) is 0 Å². The van der Waals surface area contributed by atoms with Gasteiger partial charge in [0.05, 0.1) is 4.88 Å². The Kier molecular flexibility index (Phi) is 4.74. The number of thiophene rings is 1. The number of nitrogens with zero attached hydrogens (tertiary/aromatic N) is 3.